The van der Waals surface area contributed by atoms with Crippen LogP contribution in [0.3, 0.4) is 0 Å². The molecule has 0 aliphatic carbocycles. The zero-order valence-corrected chi connectivity index (χ0v) is 10.9. The summed E-state index contributed by atoms with van der Waals surface area (Å²) < 4.78 is 1.98. The van der Waals surface area contributed by atoms with Crippen LogP contribution in [0.5, 0.6) is 0 Å². The SMILES string of the molecule is C=CCNC(=S)/N=c1/cc(N)n2c(n1)SCC2. The van der Waals surface area contributed by atoms with Gasteiger partial charge in [-0.3, -0.25) is 0 Å². The third-order valence-electron chi connectivity index (χ3n) is 2.19. The van der Waals surface area contributed by atoms with Gasteiger partial charge in [-0.2, -0.15) is 0 Å². The molecule has 17 heavy (non-hydrogen) atoms. The molecule has 1 aliphatic rings. The molecule has 0 saturated carbocycles. The normalized spacial score (nSPS) is 14.5. The highest BCUT2D eigenvalue weighted by Crippen LogP contribution is 2.23. The average Bonchev–Trinajstić information content (AvgIpc) is 2.75. The topological polar surface area (TPSA) is 68.2 Å². The molecule has 5 nitrogen and oxygen atoms in total. The number of hydrogen-bond donors (Lipinski definition) is 2. The van der Waals surface area contributed by atoms with Crippen LogP contribution in [-0.2, 0) is 6.54 Å². The van der Waals surface area contributed by atoms with Gasteiger partial charge in [0.05, 0.1) is 0 Å². The standard InChI is InChI=1S/C10H13N5S2/c1-2-3-12-9(16)13-8-6-7(11)15-4-5-17-10(15)14-8/h2,6H,1,3-5,11H2,(H,12,16)/b13-8-. The van der Waals surface area contributed by atoms with E-state index in [0.29, 0.717) is 23.0 Å². The Morgan fingerprint density at radius 1 is 1.82 bits per heavy atom. The van der Waals surface area contributed by atoms with E-state index in [0.717, 1.165) is 17.5 Å². The summed E-state index contributed by atoms with van der Waals surface area (Å²) in [5, 5.41) is 4.21. The minimum Gasteiger partial charge on any atom is -0.385 e. The Balaban J connectivity index is 2.27. The molecule has 0 aromatic carbocycles. The summed E-state index contributed by atoms with van der Waals surface area (Å²) in [6.45, 7) is 5.09. The van der Waals surface area contributed by atoms with Crippen molar-refractivity contribution in [3.05, 3.63) is 24.2 Å². The molecule has 0 radical (unpaired) electrons. The van der Waals surface area contributed by atoms with Crippen LogP contribution >= 0.6 is 24.0 Å². The van der Waals surface area contributed by atoms with Gasteiger partial charge in [-0.1, -0.05) is 17.8 Å². The number of fused-ring (bicyclic) bond motifs is 1. The fourth-order valence-electron chi connectivity index (χ4n) is 1.43. The number of nitrogens with two attached hydrogens (primary N) is 1. The van der Waals surface area contributed by atoms with Gasteiger partial charge in [0, 0.05) is 24.9 Å². The maximum atomic E-state index is 5.92. The maximum absolute atomic E-state index is 5.92. The number of thioether (sulfide) groups is 1. The molecule has 0 atom stereocenters. The molecule has 2 rings (SSSR count). The molecule has 1 aliphatic heterocycles. The lowest BCUT2D eigenvalue weighted by atomic mass is 10.5. The second-order valence-corrected chi connectivity index (χ2v) is 4.86. The van der Waals surface area contributed by atoms with Crippen LogP contribution in [0.4, 0.5) is 5.82 Å². The predicted octanol–water partition coefficient (Wildman–Crippen LogP) is 0.532. The molecule has 0 saturated heterocycles. The van der Waals surface area contributed by atoms with Crippen molar-refractivity contribution in [2.75, 3.05) is 18.0 Å². The van der Waals surface area contributed by atoms with Gasteiger partial charge in [-0.15, -0.1) is 6.58 Å². The van der Waals surface area contributed by atoms with E-state index >= 15 is 0 Å². The number of aromatic nitrogens is 2. The Hall–Kier alpha value is -1.34. The largest absolute Gasteiger partial charge is 0.385 e. The number of anilines is 1. The van der Waals surface area contributed by atoms with Crippen LogP contribution in [0, 0.1) is 0 Å². The first-order chi connectivity index (χ1) is 8.20. The van der Waals surface area contributed by atoms with E-state index in [2.05, 4.69) is 21.9 Å². The van der Waals surface area contributed by atoms with Gasteiger partial charge in [0.25, 0.3) is 0 Å². The summed E-state index contributed by atoms with van der Waals surface area (Å²) in [7, 11) is 0. The Kier molecular flexibility index (Phi) is 3.80. The Morgan fingerprint density at radius 3 is 3.41 bits per heavy atom. The summed E-state index contributed by atoms with van der Waals surface area (Å²) in [6, 6.07) is 1.73. The van der Waals surface area contributed by atoms with Crippen molar-refractivity contribution in [2.45, 2.75) is 11.7 Å². The highest BCUT2D eigenvalue weighted by Gasteiger charge is 2.13. The summed E-state index contributed by atoms with van der Waals surface area (Å²) in [4.78, 5) is 8.58. The highest BCUT2D eigenvalue weighted by molar-refractivity contribution is 7.99. The number of nitrogens with zero attached hydrogens (tertiary/aromatic N) is 3. The van der Waals surface area contributed by atoms with Crippen molar-refractivity contribution in [3.8, 4) is 0 Å². The summed E-state index contributed by atoms with van der Waals surface area (Å²) >= 11 is 6.73. The molecule has 0 fully saturated rings. The van der Waals surface area contributed by atoms with Gasteiger partial charge in [-0.25, -0.2) is 9.98 Å². The number of nitrogen functional groups attached to an aromatic ring is 1. The quantitative estimate of drug-likeness (QED) is 0.465. The molecule has 0 unspecified atom stereocenters. The third-order valence-corrected chi connectivity index (χ3v) is 3.38. The van der Waals surface area contributed by atoms with Gasteiger partial charge in [0.2, 0.25) is 0 Å². The molecule has 3 N–H and O–H groups in total. The van der Waals surface area contributed by atoms with E-state index in [4.69, 9.17) is 18.0 Å². The minimum atomic E-state index is 0.393. The first-order valence-corrected chi connectivity index (χ1v) is 6.53. The van der Waals surface area contributed by atoms with Crippen molar-refractivity contribution in [2.24, 2.45) is 4.99 Å². The van der Waals surface area contributed by atoms with Crippen molar-refractivity contribution >= 4 is 34.9 Å². The predicted molar refractivity (Wildman–Crippen MR) is 73.7 cm³/mol. The second-order valence-electron chi connectivity index (χ2n) is 3.41. The highest BCUT2D eigenvalue weighted by atomic mass is 32.2. The van der Waals surface area contributed by atoms with Crippen molar-refractivity contribution < 1.29 is 0 Å². The van der Waals surface area contributed by atoms with E-state index in [1.807, 2.05) is 4.57 Å². The third kappa shape index (κ3) is 2.86. The van der Waals surface area contributed by atoms with Crippen LogP contribution in [0.25, 0.3) is 0 Å². The first-order valence-electron chi connectivity index (χ1n) is 5.14. The molecule has 0 spiro atoms. The minimum absolute atomic E-state index is 0.393. The molecule has 90 valence electrons. The van der Waals surface area contributed by atoms with E-state index in [1.165, 1.54) is 0 Å². The van der Waals surface area contributed by atoms with E-state index in [9.17, 15) is 0 Å². The van der Waals surface area contributed by atoms with Crippen LogP contribution < -0.4 is 16.5 Å². The molecule has 1 aromatic heterocycles. The van der Waals surface area contributed by atoms with Crippen molar-refractivity contribution in [3.63, 3.8) is 0 Å². The fourth-order valence-corrected chi connectivity index (χ4v) is 2.58. The maximum Gasteiger partial charge on any atom is 0.195 e. The lowest BCUT2D eigenvalue weighted by Crippen LogP contribution is -2.24. The average molecular weight is 267 g/mol. The number of thiocarbonyl (C=S) groups is 1. The molecule has 0 amide bonds. The first kappa shape index (κ1) is 12.1. The number of hydrogen-bond acceptors (Lipinski definition) is 4. The van der Waals surface area contributed by atoms with Crippen LogP contribution in [-0.4, -0.2) is 27.0 Å². The van der Waals surface area contributed by atoms with Crippen molar-refractivity contribution in [1.29, 1.82) is 0 Å². The van der Waals surface area contributed by atoms with E-state index in [-0.39, 0.29) is 0 Å². The summed E-state index contributed by atoms with van der Waals surface area (Å²) in [6.07, 6.45) is 1.72. The number of nitrogens with one attached hydrogen (secondary N) is 1. The summed E-state index contributed by atoms with van der Waals surface area (Å²) in [5.41, 5.74) is 6.46. The lowest BCUT2D eigenvalue weighted by Gasteiger charge is -2.05. The summed E-state index contributed by atoms with van der Waals surface area (Å²) in [5.74, 6) is 1.67. The molecular formula is C10H13N5S2. The lowest BCUT2D eigenvalue weighted by molar-refractivity contribution is 0.683. The second kappa shape index (κ2) is 5.33. The molecule has 0 bridgehead atoms. The monoisotopic (exact) mass is 267 g/mol. The molecule has 2 heterocycles. The Labute approximate surface area is 109 Å². The Bertz CT molecular complexity index is 520. The van der Waals surface area contributed by atoms with Crippen LogP contribution in [0.2, 0.25) is 0 Å². The van der Waals surface area contributed by atoms with Gasteiger partial charge in [0.15, 0.2) is 15.8 Å². The fraction of sp³-hybridized carbons (Fsp3) is 0.300. The van der Waals surface area contributed by atoms with Crippen LogP contribution in [0.1, 0.15) is 0 Å². The van der Waals surface area contributed by atoms with Gasteiger partial charge in [-0.05, 0) is 12.2 Å². The van der Waals surface area contributed by atoms with Crippen molar-refractivity contribution in [1.82, 2.24) is 14.9 Å². The Morgan fingerprint density at radius 2 is 2.65 bits per heavy atom. The zero-order valence-electron chi connectivity index (χ0n) is 9.22. The number of rotatable bonds is 2. The van der Waals surface area contributed by atoms with Crippen LogP contribution in [0.15, 0.2) is 28.9 Å². The van der Waals surface area contributed by atoms with Gasteiger partial charge >= 0.3 is 0 Å². The van der Waals surface area contributed by atoms with E-state index in [1.54, 1.807) is 23.9 Å². The molecule has 7 heteroatoms. The van der Waals surface area contributed by atoms with E-state index < -0.39 is 0 Å². The van der Waals surface area contributed by atoms with Gasteiger partial charge in [0.1, 0.15) is 5.82 Å². The smallest absolute Gasteiger partial charge is 0.195 e. The molecular weight excluding hydrogens is 254 g/mol. The molecule has 1 aromatic rings. The zero-order chi connectivity index (χ0) is 12.3. The van der Waals surface area contributed by atoms with Gasteiger partial charge < -0.3 is 15.6 Å².